The number of rotatable bonds is 5. The van der Waals surface area contributed by atoms with Crippen molar-refractivity contribution < 1.29 is 4.42 Å². The average molecular weight is 644 g/mol. The Morgan fingerprint density at radius 1 is 0.388 bits per heavy atom. The van der Waals surface area contributed by atoms with Crippen LogP contribution in [0.3, 0.4) is 0 Å². The van der Waals surface area contributed by atoms with E-state index in [1.807, 2.05) is 17.4 Å². The molecule has 8 aromatic carbocycles. The number of benzene rings is 8. The summed E-state index contributed by atoms with van der Waals surface area (Å²) < 4.78 is 9.25. The number of hydrogen-bond donors (Lipinski definition) is 0. The number of furan rings is 1. The molecule has 0 unspecified atom stereocenters. The number of fused-ring (bicyclic) bond motifs is 7. The summed E-state index contributed by atoms with van der Waals surface area (Å²) in [5.74, 6) is 0. The van der Waals surface area contributed by atoms with Crippen LogP contribution in [-0.2, 0) is 0 Å². The van der Waals surface area contributed by atoms with Crippen molar-refractivity contribution in [2.45, 2.75) is 0 Å². The van der Waals surface area contributed by atoms with Crippen LogP contribution in [0.5, 0.6) is 0 Å². The Morgan fingerprint density at radius 2 is 0.980 bits per heavy atom. The minimum Gasteiger partial charge on any atom is -0.454 e. The second kappa shape index (κ2) is 11.2. The predicted molar refractivity (Wildman–Crippen MR) is 210 cm³/mol. The van der Waals surface area contributed by atoms with Crippen LogP contribution in [0.4, 0.5) is 17.1 Å². The fraction of sp³-hybridized carbons (Fsp3) is 0. The molecule has 0 bridgehead atoms. The molecular formula is C46H29NOS. The molecule has 2 nitrogen and oxygen atoms in total. The molecule has 10 aromatic rings. The van der Waals surface area contributed by atoms with Gasteiger partial charge in [0, 0.05) is 31.6 Å². The van der Waals surface area contributed by atoms with Gasteiger partial charge in [0.15, 0.2) is 5.58 Å². The van der Waals surface area contributed by atoms with Gasteiger partial charge in [-0.3, -0.25) is 0 Å². The predicted octanol–water partition coefficient (Wildman–Crippen LogP) is 13.9. The molecule has 0 saturated heterocycles. The Balaban J connectivity index is 1.33. The van der Waals surface area contributed by atoms with E-state index in [0.717, 1.165) is 39.0 Å². The van der Waals surface area contributed by atoms with Crippen molar-refractivity contribution in [2.75, 3.05) is 4.90 Å². The number of hydrogen-bond acceptors (Lipinski definition) is 3. The third-order valence-electron chi connectivity index (χ3n) is 9.68. The highest BCUT2D eigenvalue weighted by atomic mass is 32.1. The summed E-state index contributed by atoms with van der Waals surface area (Å²) in [4.78, 5) is 2.44. The van der Waals surface area contributed by atoms with Crippen LogP contribution in [0.1, 0.15) is 0 Å². The molecule has 2 heterocycles. The maximum Gasteiger partial charge on any atom is 0.159 e. The van der Waals surface area contributed by atoms with Crippen molar-refractivity contribution in [3.63, 3.8) is 0 Å². The van der Waals surface area contributed by atoms with E-state index in [1.54, 1.807) is 0 Å². The van der Waals surface area contributed by atoms with Crippen molar-refractivity contribution in [3.8, 4) is 22.3 Å². The zero-order chi connectivity index (χ0) is 32.3. The summed E-state index contributed by atoms with van der Waals surface area (Å²) in [5.41, 5.74) is 9.88. The van der Waals surface area contributed by atoms with Gasteiger partial charge in [0.05, 0.1) is 21.8 Å². The molecule has 2 aromatic heterocycles. The average Bonchev–Trinajstić information content (AvgIpc) is 3.76. The van der Waals surface area contributed by atoms with Crippen molar-refractivity contribution in [1.82, 2.24) is 0 Å². The number of thiophene rings is 1. The Hall–Kier alpha value is -6.16. The Kier molecular flexibility index (Phi) is 6.39. The van der Waals surface area contributed by atoms with Gasteiger partial charge in [0.25, 0.3) is 0 Å². The molecule has 49 heavy (non-hydrogen) atoms. The molecule has 0 atom stereocenters. The minimum absolute atomic E-state index is 0.876. The van der Waals surface area contributed by atoms with Gasteiger partial charge in [0.2, 0.25) is 0 Å². The maximum atomic E-state index is 6.74. The summed E-state index contributed by atoms with van der Waals surface area (Å²) in [6.07, 6.45) is 0. The summed E-state index contributed by atoms with van der Waals surface area (Å²) in [6, 6.07) is 63.1. The molecule has 0 saturated carbocycles. The SMILES string of the molecule is c1ccc(-c2ccc(N(c3cccc4c3oc3ccccc34)c3ccc(-c4ccccc4)c4c3sc3ccccc34)c3ccccc23)cc1. The fourth-order valence-electron chi connectivity index (χ4n) is 7.49. The van der Waals surface area contributed by atoms with Crippen LogP contribution in [0.15, 0.2) is 180 Å². The third kappa shape index (κ3) is 4.40. The normalized spacial score (nSPS) is 11.7. The monoisotopic (exact) mass is 643 g/mol. The first-order valence-corrected chi connectivity index (χ1v) is 17.4. The fourth-order valence-corrected chi connectivity index (χ4v) is 8.73. The number of anilines is 3. The molecule has 0 fully saturated rings. The van der Waals surface area contributed by atoms with Crippen LogP contribution in [0.25, 0.3) is 75.1 Å². The molecule has 0 aliphatic heterocycles. The van der Waals surface area contributed by atoms with Crippen molar-refractivity contribution >= 4 is 81.3 Å². The topological polar surface area (TPSA) is 16.4 Å². The maximum absolute atomic E-state index is 6.74. The molecule has 0 amide bonds. The van der Waals surface area contributed by atoms with Crippen LogP contribution in [-0.4, -0.2) is 0 Å². The van der Waals surface area contributed by atoms with E-state index in [0.29, 0.717) is 0 Å². The van der Waals surface area contributed by atoms with E-state index in [2.05, 4.69) is 175 Å². The van der Waals surface area contributed by atoms with Crippen molar-refractivity contribution in [2.24, 2.45) is 0 Å². The lowest BCUT2D eigenvalue weighted by molar-refractivity contribution is 0.669. The zero-order valence-electron chi connectivity index (χ0n) is 26.5. The highest BCUT2D eigenvalue weighted by Gasteiger charge is 2.25. The van der Waals surface area contributed by atoms with E-state index in [-0.39, 0.29) is 0 Å². The Labute approximate surface area is 287 Å². The molecule has 0 aliphatic rings. The summed E-state index contributed by atoms with van der Waals surface area (Å²) in [5, 5.41) is 7.16. The summed E-state index contributed by atoms with van der Waals surface area (Å²) in [7, 11) is 0. The van der Waals surface area contributed by atoms with Crippen LogP contribution in [0.2, 0.25) is 0 Å². The van der Waals surface area contributed by atoms with E-state index < -0.39 is 0 Å². The molecule has 0 N–H and O–H groups in total. The van der Waals surface area contributed by atoms with E-state index in [4.69, 9.17) is 4.42 Å². The highest BCUT2D eigenvalue weighted by molar-refractivity contribution is 7.26. The summed E-state index contributed by atoms with van der Waals surface area (Å²) in [6.45, 7) is 0. The lowest BCUT2D eigenvalue weighted by Crippen LogP contribution is -2.11. The lowest BCUT2D eigenvalue weighted by Gasteiger charge is -2.28. The van der Waals surface area contributed by atoms with Gasteiger partial charge >= 0.3 is 0 Å². The first kappa shape index (κ1) is 27.9. The van der Waals surface area contributed by atoms with Crippen LogP contribution >= 0.6 is 11.3 Å². The smallest absolute Gasteiger partial charge is 0.159 e. The second-order valence-electron chi connectivity index (χ2n) is 12.4. The van der Waals surface area contributed by atoms with Crippen LogP contribution in [0, 0.1) is 0 Å². The van der Waals surface area contributed by atoms with E-state index >= 15 is 0 Å². The Bertz CT molecular complexity index is 2830. The molecule has 230 valence electrons. The largest absolute Gasteiger partial charge is 0.454 e. The van der Waals surface area contributed by atoms with Gasteiger partial charge in [-0.25, -0.2) is 0 Å². The quantitative estimate of drug-likeness (QED) is 0.186. The highest BCUT2D eigenvalue weighted by Crippen LogP contribution is 2.51. The minimum atomic E-state index is 0.876. The van der Waals surface area contributed by atoms with Crippen LogP contribution < -0.4 is 4.90 Å². The van der Waals surface area contributed by atoms with Gasteiger partial charge < -0.3 is 9.32 Å². The molecule has 0 aliphatic carbocycles. The van der Waals surface area contributed by atoms with E-state index in [9.17, 15) is 0 Å². The summed E-state index contributed by atoms with van der Waals surface area (Å²) >= 11 is 1.86. The third-order valence-corrected chi connectivity index (χ3v) is 10.9. The first-order chi connectivity index (χ1) is 24.3. The first-order valence-electron chi connectivity index (χ1n) is 16.6. The molecule has 3 heteroatoms. The molecular weight excluding hydrogens is 615 g/mol. The second-order valence-corrected chi connectivity index (χ2v) is 13.5. The standard InChI is InChI=1S/C46H29NOS/c1-3-14-30(15-4-1)32-26-28-39(35-19-8-7-18-34(32)35)47(40-23-13-22-37-36-20-9-11-24-42(36)48-45(37)40)41-29-27-33(31-16-5-2-6-17-31)44-38-21-10-12-25-43(38)49-46(41)44/h1-29H. The van der Waals surface area contributed by atoms with Gasteiger partial charge in [0.1, 0.15) is 5.58 Å². The van der Waals surface area contributed by atoms with Gasteiger partial charge in [-0.1, -0.05) is 146 Å². The molecule has 0 spiro atoms. The van der Waals surface area contributed by atoms with Gasteiger partial charge in [-0.05, 0) is 58.0 Å². The van der Waals surface area contributed by atoms with Gasteiger partial charge in [-0.2, -0.15) is 0 Å². The number of nitrogens with zero attached hydrogens (tertiary/aromatic N) is 1. The Morgan fingerprint density at radius 3 is 1.78 bits per heavy atom. The molecule has 0 radical (unpaired) electrons. The number of para-hydroxylation sites is 2. The lowest BCUT2D eigenvalue weighted by atomic mass is 9.95. The molecule has 10 rings (SSSR count). The van der Waals surface area contributed by atoms with Crippen molar-refractivity contribution in [1.29, 1.82) is 0 Å². The van der Waals surface area contributed by atoms with E-state index in [1.165, 1.54) is 53.2 Å². The van der Waals surface area contributed by atoms with Gasteiger partial charge in [-0.15, -0.1) is 11.3 Å². The zero-order valence-corrected chi connectivity index (χ0v) is 27.3. The van der Waals surface area contributed by atoms with Crippen molar-refractivity contribution in [3.05, 3.63) is 176 Å².